The van der Waals surface area contributed by atoms with Crippen molar-refractivity contribution >= 4 is 41.5 Å². The molecule has 0 radical (unpaired) electrons. The van der Waals surface area contributed by atoms with Crippen molar-refractivity contribution in [2.45, 2.75) is 26.3 Å². The maximum absolute atomic E-state index is 6.01. The third-order valence-electron chi connectivity index (χ3n) is 3.90. The molecule has 0 saturated carbocycles. The second-order valence-corrected chi connectivity index (χ2v) is 6.52. The molecule has 3 rings (SSSR count). The molecule has 0 saturated heterocycles. The van der Waals surface area contributed by atoms with E-state index >= 15 is 0 Å². The Hall–Kier alpha value is -2.14. The Morgan fingerprint density at radius 2 is 2.17 bits per heavy atom. The van der Waals surface area contributed by atoms with Crippen molar-refractivity contribution in [3.05, 3.63) is 53.6 Å². The maximum Gasteiger partial charge on any atom is 0.228 e. The second kappa shape index (κ2) is 12.4. The molecule has 3 aromatic rings. The van der Waals surface area contributed by atoms with Gasteiger partial charge in [-0.25, -0.2) is 0 Å². The van der Waals surface area contributed by atoms with Crippen molar-refractivity contribution in [2.75, 3.05) is 19.6 Å². The van der Waals surface area contributed by atoms with Gasteiger partial charge in [-0.3, -0.25) is 9.67 Å². The van der Waals surface area contributed by atoms with E-state index in [1.165, 1.54) is 0 Å². The number of benzene rings is 1. The Morgan fingerprint density at radius 1 is 1.28 bits per heavy atom. The SMILES string of the molecule is CCNC(=NCCCn1cccn1)NCCc1nc(-c2cccc(Cl)c2)no1.I. The largest absolute Gasteiger partial charge is 0.357 e. The van der Waals surface area contributed by atoms with Crippen LogP contribution in [0.25, 0.3) is 11.4 Å². The summed E-state index contributed by atoms with van der Waals surface area (Å²) in [5.74, 6) is 1.88. The van der Waals surface area contributed by atoms with E-state index in [0.717, 1.165) is 31.0 Å². The molecule has 10 heteroatoms. The minimum atomic E-state index is 0. The van der Waals surface area contributed by atoms with Gasteiger partial charge in [0.15, 0.2) is 5.96 Å². The summed E-state index contributed by atoms with van der Waals surface area (Å²) in [5, 5.41) is 15.4. The summed E-state index contributed by atoms with van der Waals surface area (Å²) in [6, 6.07) is 9.31. The van der Waals surface area contributed by atoms with Crippen molar-refractivity contribution in [3.63, 3.8) is 0 Å². The molecule has 0 aliphatic rings. The maximum atomic E-state index is 6.01. The van der Waals surface area contributed by atoms with Gasteiger partial charge in [0, 0.05) is 55.6 Å². The van der Waals surface area contributed by atoms with Crippen LogP contribution in [0.4, 0.5) is 0 Å². The number of nitrogens with zero attached hydrogens (tertiary/aromatic N) is 5. The van der Waals surface area contributed by atoms with Crippen LogP contribution in [0.15, 0.2) is 52.2 Å². The average Bonchev–Trinajstić information content (AvgIpc) is 3.37. The molecule has 0 unspecified atom stereocenters. The summed E-state index contributed by atoms with van der Waals surface area (Å²) in [5.41, 5.74) is 0.836. The molecule has 29 heavy (non-hydrogen) atoms. The summed E-state index contributed by atoms with van der Waals surface area (Å²) in [4.78, 5) is 9.00. The molecule has 0 fully saturated rings. The molecular weight excluding hydrogens is 505 g/mol. The average molecular weight is 530 g/mol. The lowest BCUT2D eigenvalue weighted by atomic mass is 10.2. The number of guanidine groups is 1. The van der Waals surface area contributed by atoms with Gasteiger partial charge in [0.05, 0.1) is 0 Å². The highest BCUT2D eigenvalue weighted by atomic mass is 127. The number of aromatic nitrogens is 4. The number of rotatable bonds is 9. The Kier molecular flexibility index (Phi) is 9.92. The van der Waals surface area contributed by atoms with Gasteiger partial charge in [-0.05, 0) is 31.5 Å². The van der Waals surface area contributed by atoms with Crippen molar-refractivity contribution in [3.8, 4) is 11.4 Å². The summed E-state index contributed by atoms with van der Waals surface area (Å²) in [6.07, 6.45) is 5.26. The van der Waals surface area contributed by atoms with Crippen LogP contribution in [-0.2, 0) is 13.0 Å². The van der Waals surface area contributed by atoms with E-state index in [-0.39, 0.29) is 24.0 Å². The van der Waals surface area contributed by atoms with Gasteiger partial charge in [-0.15, -0.1) is 24.0 Å². The highest BCUT2D eigenvalue weighted by molar-refractivity contribution is 14.0. The zero-order valence-electron chi connectivity index (χ0n) is 16.2. The first-order chi connectivity index (χ1) is 13.7. The lowest BCUT2D eigenvalue weighted by Crippen LogP contribution is -2.38. The first-order valence-corrected chi connectivity index (χ1v) is 9.70. The van der Waals surface area contributed by atoms with E-state index in [0.29, 0.717) is 36.2 Å². The van der Waals surface area contributed by atoms with E-state index in [9.17, 15) is 0 Å². The quantitative estimate of drug-likeness (QED) is 0.191. The van der Waals surface area contributed by atoms with Gasteiger partial charge in [0.2, 0.25) is 11.7 Å². The number of hydrogen-bond acceptors (Lipinski definition) is 5. The van der Waals surface area contributed by atoms with Crippen molar-refractivity contribution in [1.82, 2.24) is 30.6 Å². The van der Waals surface area contributed by atoms with E-state index in [2.05, 4.69) is 30.9 Å². The molecule has 0 bridgehead atoms. The van der Waals surface area contributed by atoms with Crippen LogP contribution in [0.5, 0.6) is 0 Å². The highest BCUT2D eigenvalue weighted by Crippen LogP contribution is 2.19. The normalized spacial score (nSPS) is 11.2. The highest BCUT2D eigenvalue weighted by Gasteiger charge is 2.09. The van der Waals surface area contributed by atoms with Gasteiger partial charge in [0.25, 0.3) is 0 Å². The summed E-state index contributed by atoms with van der Waals surface area (Å²) in [6.45, 7) is 5.04. The molecule has 1 aromatic carbocycles. The van der Waals surface area contributed by atoms with E-state index < -0.39 is 0 Å². The predicted octanol–water partition coefficient (Wildman–Crippen LogP) is 3.39. The molecule has 8 nitrogen and oxygen atoms in total. The first-order valence-electron chi connectivity index (χ1n) is 9.32. The second-order valence-electron chi connectivity index (χ2n) is 6.08. The zero-order chi connectivity index (χ0) is 19.6. The van der Waals surface area contributed by atoms with Crippen LogP contribution in [0.3, 0.4) is 0 Å². The molecule has 2 N–H and O–H groups in total. The standard InChI is InChI=1S/C19H24ClN7O.HI/c1-2-21-19(22-9-4-12-27-13-5-10-24-27)23-11-8-17-25-18(26-28-17)15-6-3-7-16(20)14-15;/h3,5-7,10,13-14H,2,4,8-9,11-12H2,1H3,(H2,21,22,23);1H. The summed E-state index contributed by atoms with van der Waals surface area (Å²) < 4.78 is 7.23. The van der Waals surface area contributed by atoms with Crippen LogP contribution in [0.2, 0.25) is 5.02 Å². The third-order valence-corrected chi connectivity index (χ3v) is 4.14. The fourth-order valence-electron chi connectivity index (χ4n) is 2.59. The minimum absolute atomic E-state index is 0. The van der Waals surface area contributed by atoms with Crippen molar-refractivity contribution in [2.24, 2.45) is 4.99 Å². The van der Waals surface area contributed by atoms with Gasteiger partial charge in [-0.2, -0.15) is 10.1 Å². The van der Waals surface area contributed by atoms with Crippen molar-refractivity contribution in [1.29, 1.82) is 0 Å². The minimum Gasteiger partial charge on any atom is -0.357 e. The topological polar surface area (TPSA) is 93.2 Å². The molecule has 0 aliphatic heterocycles. The van der Waals surface area contributed by atoms with Gasteiger partial charge < -0.3 is 15.2 Å². The number of halogens is 2. The predicted molar refractivity (Wildman–Crippen MR) is 125 cm³/mol. The van der Waals surface area contributed by atoms with E-state index in [4.69, 9.17) is 16.1 Å². The van der Waals surface area contributed by atoms with Crippen LogP contribution in [-0.4, -0.2) is 45.5 Å². The zero-order valence-corrected chi connectivity index (χ0v) is 19.3. The molecule has 0 aliphatic carbocycles. The molecule has 0 spiro atoms. The van der Waals surface area contributed by atoms with Crippen LogP contribution >= 0.6 is 35.6 Å². The van der Waals surface area contributed by atoms with Gasteiger partial charge in [0.1, 0.15) is 0 Å². The number of nitrogens with one attached hydrogen (secondary N) is 2. The molecule has 2 heterocycles. The molecular formula is C19H25ClIN7O. The third kappa shape index (κ3) is 7.65. The Balaban J connectivity index is 0.00000300. The fourth-order valence-corrected chi connectivity index (χ4v) is 2.78. The van der Waals surface area contributed by atoms with E-state index in [1.54, 1.807) is 6.20 Å². The molecule has 156 valence electrons. The first kappa shape index (κ1) is 23.1. The number of aryl methyl sites for hydroxylation is 1. The van der Waals surface area contributed by atoms with E-state index in [1.807, 2.05) is 48.1 Å². The summed E-state index contributed by atoms with van der Waals surface area (Å²) in [7, 11) is 0. The number of hydrogen-bond donors (Lipinski definition) is 2. The van der Waals surface area contributed by atoms with Gasteiger partial charge >= 0.3 is 0 Å². The molecule has 0 atom stereocenters. The van der Waals surface area contributed by atoms with Crippen LogP contribution in [0.1, 0.15) is 19.2 Å². The lowest BCUT2D eigenvalue weighted by Gasteiger charge is -2.10. The van der Waals surface area contributed by atoms with Crippen LogP contribution in [0, 0.1) is 0 Å². The Labute approximate surface area is 192 Å². The lowest BCUT2D eigenvalue weighted by molar-refractivity contribution is 0.378. The Bertz CT molecular complexity index is 882. The fraction of sp³-hybridized carbons (Fsp3) is 0.368. The van der Waals surface area contributed by atoms with Crippen LogP contribution < -0.4 is 10.6 Å². The Morgan fingerprint density at radius 3 is 2.93 bits per heavy atom. The van der Waals surface area contributed by atoms with Gasteiger partial charge in [-0.1, -0.05) is 28.9 Å². The van der Waals surface area contributed by atoms with Crippen molar-refractivity contribution < 1.29 is 4.52 Å². The molecule has 0 amide bonds. The smallest absolute Gasteiger partial charge is 0.228 e. The number of aliphatic imine (C=N–C) groups is 1. The molecule has 2 aromatic heterocycles. The monoisotopic (exact) mass is 529 g/mol. The summed E-state index contributed by atoms with van der Waals surface area (Å²) >= 11 is 6.01.